The van der Waals surface area contributed by atoms with Crippen molar-refractivity contribution >= 4 is 11.9 Å². The fourth-order valence-electron chi connectivity index (χ4n) is 1.37. The summed E-state index contributed by atoms with van der Waals surface area (Å²) in [7, 11) is 0. The summed E-state index contributed by atoms with van der Waals surface area (Å²) in [6.07, 6.45) is 8.60. The summed E-state index contributed by atoms with van der Waals surface area (Å²) in [6.45, 7) is 7.90. The van der Waals surface area contributed by atoms with Gasteiger partial charge in [-0.25, -0.2) is 0 Å². The average molecular weight is 268 g/mol. The SMILES string of the molecule is C=CCCCCOC(=O)CC(=O)OCCCCC=C. The molecule has 0 atom stereocenters. The molecule has 0 aromatic rings. The minimum atomic E-state index is -0.519. The lowest BCUT2D eigenvalue weighted by Gasteiger charge is -2.05. The predicted octanol–water partition coefficient (Wildman–Crippen LogP) is 3.18. The van der Waals surface area contributed by atoms with E-state index in [1.807, 2.05) is 12.2 Å². The van der Waals surface area contributed by atoms with Crippen LogP contribution in [0.2, 0.25) is 0 Å². The molecule has 4 heteroatoms. The Kier molecular flexibility index (Phi) is 11.8. The number of rotatable bonds is 12. The highest BCUT2D eigenvalue weighted by Gasteiger charge is 2.11. The van der Waals surface area contributed by atoms with Gasteiger partial charge in [0.15, 0.2) is 0 Å². The fourth-order valence-corrected chi connectivity index (χ4v) is 1.37. The van der Waals surface area contributed by atoms with E-state index in [1.54, 1.807) is 0 Å². The zero-order chi connectivity index (χ0) is 14.3. The zero-order valence-corrected chi connectivity index (χ0v) is 11.6. The molecule has 0 aliphatic carbocycles. The van der Waals surface area contributed by atoms with Crippen molar-refractivity contribution in [2.24, 2.45) is 0 Å². The molecule has 0 saturated heterocycles. The molecule has 0 rings (SSSR count). The molecule has 0 saturated carbocycles. The van der Waals surface area contributed by atoms with Crippen LogP contribution in [0.15, 0.2) is 25.3 Å². The predicted molar refractivity (Wildman–Crippen MR) is 74.6 cm³/mol. The number of carbonyl (C=O) groups excluding carboxylic acids is 2. The van der Waals surface area contributed by atoms with Crippen LogP contribution in [0, 0.1) is 0 Å². The Morgan fingerprint density at radius 3 is 1.58 bits per heavy atom. The highest BCUT2D eigenvalue weighted by atomic mass is 16.6. The van der Waals surface area contributed by atoms with Crippen molar-refractivity contribution in [1.29, 1.82) is 0 Å². The fraction of sp³-hybridized carbons (Fsp3) is 0.600. The summed E-state index contributed by atoms with van der Waals surface area (Å²) in [5.74, 6) is -1.04. The van der Waals surface area contributed by atoms with Gasteiger partial charge in [-0.3, -0.25) is 9.59 Å². The summed E-state index contributed by atoms with van der Waals surface area (Å²) in [6, 6.07) is 0. The van der Waals surface area contributed by atoms with Gasteiger partial charge < -0.3 is 9.47 Å². The van der Waals surface area contributed by atoms with Crippen molar-refractivity contribution in [1.82, 2.24) is 0 Å². The van der Waals surface area contributed by atoms with Crippen molar-refractivity contribution in [2.45, 2.75) is 44.9 Å². The Morgan fingerprint density at radius 1 is 0.789 bits per heavy atom. The maximum Gasteiger partial charge on any atom is 0.317 e. The van der Waals surface area contributed by atoms with E-state index < -0.39 is 11.9 Å². The second-order valence-corrected chi connectivity index (χ2v) is 4.19. The molecule has 0 aromatic heterocycles. The molecule has 0 N–H and O–H groups in total. The van der Waals surface area contributed by atoms with E-state index in [2.05, 4.69) is 13.2 Å². The molecule has 0 fully saturated rings. The van der Waals surface area contributed by atoms with E-state index >= 15 is 0 Å². The number of hydrogen-bond donors (Lipinski definition) is 0. The highest BCUT2D eigenvalue weighted by Crippen LogP contribution is 2.00. The first-order chi connectivity index (χ1) is 9.20. The maximum absolute atomic E-state index is 11.3. The molecule has 0 heterocycles. The average Bonchev–Trinajstić information content (AvgIpc) is 2.38. The van der Waals surface area contributed by atoms with E-state index in [9.17, 15) is 9.59 Å². The zero-order valence-electron chi connectivity index (χ0n) is 11.6. The number of carbonyl (C=O) groups is 2. The number of esters is 2. The number of hydrogen-bond acceptors (Lipinski definition) is 4. The van der Waals surface area contributed by atoms with Gasteiger partial charge in [0.2, 0.25) is 0 Å². The Bertz CT molecular complexity index is 256. The maximum atomic E-state index is 11.3. The van der Waals surface area contributed by atoms with Crippen molar-refractivity contribution in [2.75, 3.05) is 13.2 Å². The van der Waals surface area contributed by atoms with Crippen molar-refractivity contribution < 1.29 is 19.1 Å². The Balaban J connectivity index is 3.44. The number of unbranched alkanes of at least 4 members (excludes halogenated alkanes) is 4. The first kappa shape index (κ1) is 17.4. The van der Waals surface area contributed by atoms with Crippen molar-refractivity contribution in [3.05, 3.63) is 25.3 Å². The van der Waals surface area contributed by atoms with Crippen LogP contribution in [0.3, 0.4) is 0 Å². The molecule has 108 valence electrons. The topological polar surface area (TPSA) is 52.6 Å². The van der Waals surface area contributed by atoms with E-state index in [0.29, 0.717) is 13.2 Å². The summed E-state index contributed by atoms with van der Waals surface area (Å²) in [5, 5.41) is 0. The molecule has 0 aliphatic rings. The van der Waals surface area contributed by atoms with Crippen molar-refractivity contribution in [3.8, 4) is 0 Å². The lowest BCUT2D eigenvalue weighted by atomic mass is 10.2. The van der Waals surface area contributed by atoms with Crippen LogP contribution in [-0.2, 0) is 19.1 Å². The van der Waals surface area contributed by atoms with Crippen molar-refractivity contribution in [3.63, 3.8) is 0 Å². The summed E-state index contributed by atoms with van der Waals surface area (Å²) in [5.41, 5.74) is 0. The molecule has 0 aromatic carbocycles. The third-order valence-electron chi connectivity index (χ3n) is 2.42. The molecule has 0 unspecified atom stereocenters. The van der Waals surface area contributed by atoms with Crippen LogP contribution >= 0.6 is 0 Å². The van der Waals surface area contributed by atoms with Gasteiger partial charge >= 0.3 is 11.9 Å². The normalized spacial score (nSPS) is 9.68. The second-order valence-electron chi connectivity index (χ2n) is 4.19. The summed E-state index contributed by atoms with van der Waals surface area (Å²) >= 11 is 0. The van der Waals surface area contributed by atoms with Gasteiger partial charge in [0, 0.05) is 0 Å². The molecule has 0 amide bonds. The smallest absolute Gasteiger partial charge is 0.317 e. The van der Waals surface area contributed by atoms with Gasteiger partial charge in [-0.15, -0.1) is 13.2 Å². The first-order valence-electron chi connectivity index (χ1n) is 6.73. The van der Waals surface area contributed by atoms with Crippen LogP contribution in [0.4, 0.5) is 0 Å². The van der Waals surface area contributed by atoms with Gasteiger partial charge in [0.25, 0.3) is 0 Å². The van der Waals surface area contributed by atoms with Crippen LogP contribution < -0.4 is 0 Å². The molecule has 19 heavy (non-hydrogen) atoms. The number of ether oxygens (including phenoxy) is 2. The molecule has 4 nitrogen and oxygen atoms in total. The minimum Gasteiger partial charge on any atom is -0.465 e. The van der Waals surface area contributed by atoms with Gasteiger partial charge in [-0.2, -0.15) is 0 Å². The summed E-state index contributed by atoms with van der Waals surface area (Å²) < 4.78 is 9.83. The quantitative estimate of drug-likeness (QED) is 0.236. The number of allylic oxidation sites excluding steroid dienone is 2. The molecule has 0 aliphatic heterocycles. The first-order valence-corrected chi connectivity index (χ1v) is 6.73. The Labute approximate surface area is 115 Å². The standard InChI is InChI=1S/C15H24O4/c1-3-5-7-9-11-18-14(16)13-15(17)19-12-10-8-6-4-2/h3-4H,1-2,5-13H2. The van der Waals surface area contributed by atoms with Gasteiger partial charge in [-0.1, -0.05) is 12.2 Å². The Hall–Kier alpha value is -1.58. The molecule has 0 bridgehead atoms. The van der Waals surface area contributed by atoms with Crippen LogP contribution in [0.25, 0.3) is 0 Å². The van der Waals surface area contributed by atoms with Gasteiger partial charge in [-0.05, 0) is 38.5 Å². The lowest BCUT2D eigenvalue weighted by molar-refractivity contribution is -0.154. The van der Waals surface area contributed by atoms with Crippen LogP contribution in [0.1, 0.15) is 44.9 Å². The van der Waals surface area contributed by atoms with E-state index in [4.69, 9.17) is 9.47 Å². The second kappa shape index (κ2) is 12.9. The molecular weight excluding hydrogens is 244 g/mol. The molecule has 0 spiro atoms. The molecule has 0 radical (unpaired) electrons. The highest BCUT2D eigenvalue weighted by molar-refractivity contribution is 5.91. The van der Waals surface area contributed by atoms with E-state index in [0.717, 1.165) is 38.5 Å². The molecular formula is C15H24O4. The lowest BCUT2D eigenvalue weighted by Crippen LogP contribution is -2.15. The van der Waals surface area contributed by atoms with Gasteiger partial charge in [0.1, 0.15) is 6.42 Å². The van der Waals surface area contributed by atoms with E-state index in [-0.39, 0.29) is 6.42 Å². The van der Waals surface area contributed by atoms with E-state index in [1.165, 1.54) is 0 Å². The Morgan fingerprint density at radius 2 is 1.21 bits per heavy atom. The minimum absolute atomic E-state index is 0.303. The summed E-state index contributed by atoms with van der Waals surface area (Å²) in [4.78, 5) is 22.5. The third kappa shape index (κ3) is 12.7. The van der Waals surface area contributed by atoms with Crippen LogP contribution in [0.5, 0.6) is 0 Å². The third-order valence-corrected chi connectivity index (χ3v) is 2.42. The van der Waals surface area contributed by atoms with Crippen LogP contribution in [-0.4, -0.2) is 25.2 Å². The monoisotopic (exact) mass is 268 g/mol. The van der Waals surface area contributed by atoms with Gasteiger partial charge in [0.05, 0.1) is 13.2 Å². The largest absolute Gasteiger partial charge is 0.465 e.